The van der Waals surface area contributed by atoms with Crippen molar-refractivity contribution in [1.29, 1.82) is 0 Å². The SMILES string of the molecule is CC(C)CNCc1cc(Cl)ccc1OCCc1ccsc1. The van der Waals surface area contributed by atoms with Crippen molar-refractivity contribution in [1.82, 2.24) is 5.32 Å². The monoisotopic (exact) mass is 323 g/mol. The van der Waals surface area contributed by atoms with Crippen LogP contribution in [0.2, 0.25) is 5.02 Å². The maximum absolute atomic E-state index is 6.09. The molecule has 2 rings (SSSR count). The lowest BCUT2D eigenvalue weighted by Gasteiger charge is -2.13. The molecule has 0 spiro atoms. The van der Waals surface area contributed by atoms with Crippen molar-refractivity contribution in [3.8, 4) is 5.75 Å². The Labute approximate surface area is 136 Å². The molecule has 0 unspecified atom stereocenters. The lowest BCUT2D eigenvalue weighted by Crippen LogP contribution is -2.19. The van der Waals surface area contributed by atoms with E-state index < -0.39 is 0 Å². The molecule has 2 nitrogen and oxygen atoms in total. The van der Waals surface area contributed by atoms with E-state index in [4.69, 9.17) is 16.3 Å². The Morgan fingerprint density at radius 1 is 1.29 bits per heavy atom. The quantitative estimate of drug-likeness (QED) is 0.755. The van der Waals surface area contributed by atoms with Gasteiger partial charge in [-0.05, 0) is 53.1 Å². The van der Waals surface area contributed by atoms with E-state index in [2.05, 4.69) is 36.0 Å². The van der Waals surface area contributed by atoms with Crippen molar-refractivity contribution in [2.45, 2.75) is 26.8 Å². The minimum atomic E-state index is 0.632. The van der Waals surface area contributed by atoms with Crippen molar-refractivity contribution in [2.24, 2.45) is 5.92 Å². The van der Waals surface area contributed by atoms with Crippen molar-refractivity contribution in [3.63, 3.8) is 0 Å². The molecule has 0 fully saturated rings. The van der Waals surface area contributed by atoms with E-state index in [1.807, 2.05) is 18.2 Å². The Hall–Kier alpha value is -1.03. The number of hydrogen-bond donors (Lipinski definition) is 1. The zero-order valence-corrected chi connectivity index (χ0v) is 14.1. The van der Waals surface area contributed by atoms with Gasteiger partial charge in [-0.3, -0.25) is 0 Å². The highest BCUT2D eigenvalue weighted by molar-refractivity contribution is 7.07. The molecule has 1 aromatic heterocycles. The lowest BCUT2D eigenvalue weighted by molar-refractivity contribution is 0.317. The molecule has 1 N–H and O–H groups in total. The van der Waals surface area contributed by atoms with Gasteiger partial charge in [0.1, 0.15) is 5.75 Å². The largest absolute Gasteiger partial charge is 0.493 e. The van der Waals surface area contributed by atoms with E-state index in [1.165, 1.54) is 5.56 Å². The molecule has 0 bridgehead atoms. The van der Waals surface area contributed by atoms with Crippen LogP contribution in [0.5, 0.6) is 5.75 Å². The summed E-state index contributed by atoms with van der Waals surface area (Å²) in [6.45, 7) is 6.86. The lowest BCUT2D eigenvalue weighted by atomic mass is 10.1. The number of rotatable bonds is 8. The van der Waals surface area contributed by atoms with Crippen molar-refractivity contribution in [3.05, 3.63) is 51.2 Å². The van der Waals surface area contributed by atoms with Crippen molar-refractivity contribution >= 4 is 22.9 Å². The van der Waals surface area contributed by atoms with Gasteiger partial charge in [0.05, 0.1) is 6.61 Å². The first-order chi connectivity index (χ1) is 10.1. The van der Waals surface area contributed by atoms with E-state index in [0.717, 1.165) is 35.8 Å². The second kappa shape index (κ2) is 8.42. The van der Waals surface area contributed by atoms with Gasteiger partial charge in [0, 0.05) is 23.6 Å². The molecule has 0 saturated heterocycles. The van der Waals surface area contributed by atoms with Gasteiger partial charge < -0.3 is 10.1 Å². The summed E-state index contributed by atoms with van der Waals surface area (Å²) in [5.41, 5.74) is 2.45. The van der Waals surface area contributed by atoms with Gasteiger partial charge in [0.15, 0.2) is 0 Å². The first kappa shape index (κ1) is 16.3. The Bertz CT molecular complexity index is 540. The fourth-order valence-electron chi connectivity index (χ4n) is 2.04. The molecule has 21 heavy (non-hydrogen) atoms. The minimum absolute atomic E-state index is 0.632. The fraction of sp³-hybridized carbons (Fsp3) is 0.412. The average Bonchev–Trinajstić information content (AvgIpc) is 2.94. The van der Waals surface area contributed by atoms with E-state index in [0.29, 0.717) is 12.5 Å². The Kier molecular flexibility index (Phi) is 6.55. The first-order valence-corrected chi connectivity index (χ1v) is 8.60. The summed E-state index contributed by atoms with van der Waals surface area (Å²) >= 11 is 7.81. The Morgan fingerprint density at radius 3 is 2.86 bits per heavy atom. The summed E-state index contributed by atoms with van der Waals surface area (Å²) in [6.07, 6.45) is 0.936. The van der Waals surface area contributed by atoms with Crippen LogP contribution in [-0.4, -0.2) is 13.2 Å². The summed E-state index contributed by atoms with van der Waals surface area (Å²) < 4.78 is 5.93. The van der Waals surface area contributed by atoms with Crippen LogP contribution in [0.4, 0.5) is 0 Å². The second-order valence-corrected chi connectivity index (χ2v) is 6.72. The number of hydrogen-bond acceptors (Lipinski definition) is 3. The molecule has 1 aromatic carbocycles. The Balaban J connectivity index is 1.90. The molecule has 0 aliphatic carbocycles. The van der Waals surface area contributed by atoms with E-state index >= 15 is 0 Å². The molecular formula is C17H22ClNOS. The van der Waals surface area contributed by atoms with Crippen LogP contribution in [0, 0.1) is 5.92 Å². The van der Waals surface area contributed by atoms with Gasteiger partial charge in [-0.2, -0.15) is 11.3 Å². The fourth-order valence-corrected chi connectivity index (χ4v) is 2.93. The molecule has 114 valence electrons. The van der Waals surface area contributed by atoms with E-state index in [9.17, 15) is 0 Å². The number of nitrogens with one attached hydrogen (secondary N) is 1. The topological polar surface area (TPSA) is 21.3 Å². The zero-order valence-electron chi connectivity index (χ0n) is 12.6. The van der Waals surface area contributed by atoms with Gasteiger partial charge in [0.2, 0.25) is 0 Å². The normalized spacial score (nSPS) is 11.0. The molecule has 0 amide bonds. The van der Waals surface area contributed by atoms with Crippen LogP contribution in [0.15, 0.2) is 35.0 Å². The van der Waals surface area contributed by atoms with Gasteiger partial charge in [-0.15, -0.1) is 0 Å². The molecule has 2 aromatic rings. The second-order valence-electron chi connectivity index (χ2n) is 5.51. The van der Waals surface area contributed by atoms with Gasteiger partial charge in [-0.25, -0.2) is 0 Å². The highest BCUT2D eigenvalue weighted by Crippen LogP contribution is 2.23. The van der Waals surface area contributed by atoms with E-state index in [1.54, 1.807) is 11.3 Å². The van der Waals surface area contributed by atoms with Crippen LogP contribution in [-0.2, 0) is 13.0 Å². The highest BCUT2D eigenvalue weighted by Gasteiger charge is 2.06. The minimum Gasteiger partial charge on any atom is -0.493 e. The summed E-state index contributed by atoms with van der Waals surface area (Å²) in [6, 6.07) is 7.96. The molecule has 0 saturated carbocycles. The maximum Gasteiger partial charge on any atom is 0.123 e. The summed E-state index contributed by atoms with van der Waals surface area (Å²) in [7, 11) is 0. The third kappa shape index (κ3) is 5.70. The predicted octanol–water partition coefficient (Wildman–Crippen LogP) is 4.77. The highest BCUT2D eigenvalue weighted by atomic mass is 35.5. The van der Waals surface area contributed by atoms with Gasteiger partial charge in [-0.1, -0.05) is 25.4 Å². The van der Waals surface area contributed by atoms with Crippen molar-refractivity contribution < 1.29 is 4.74 Å². The number of thiophene rings is 1. The molecule has 0 radical (unpaired) electrons. The summed E-state index contributed by atoms with van der Waals surface area (Å²) in [5.74, 6) is 1.55. The summed E-state index contributed by atoms with van der Waals surface area (Å²) in [5, 5.41) is 8.45. The number of benzene rings is 1. The van der Waals surface area contributed by atoms with Crippen LogP contribution in [0.3, 0.4) is 0 Å². The predicted molar refractivity (Wildman–Crippen MR) is 91.5 cm³/mol. The van der Waals surface area contributed by atoms with Gasteiger partial charge >= 0.3 is 0 Å². The Morgan fingerprint density at radius 2 is 2.14 bits per heavy atom. The van der Waals surface area contributed by atoms with E-state index in [-0.39, 0.29) is 0 Å². The number of ether oxygens (including phenoxy) is 1. The molecule has 0 aliphatic rings. The van der Waals surface area contributed by atoms with Crippen LogP contribution in [0.25, 0.3) is 0 Å². The van der Waals surface area contributed by atoms with Crippen LogP contribution in [0.1, 0.15) is 25.0 Å². The zero-order chi connectivity index (χ0) is 15.1. The van der Waals surface area contributed by atoms with Gasteiger partial charge in [0.25, 0.3) is 0 Å². The molecule has 0 atom stereocenters. The van der Waals surface area contributed by atoms with Crippen LogP contribution < -0.4 is 10.1 Å². The standard InChI is InChI=1S/C17H22ClNOS/c1-13(2)10-19-11-15-9-16(18)3-4-17(15)20-7-5-14-6-8-21-12-14/h3-4,6,8-9,12-13,19H,5,7,10-11H2,1-2H3. The third-order valence-electron chi connectivity index (χ3n) is 3.12. The summed E-state index contributed by atoms with van der Waals surface area (Å²) in [4.78, 5) is 0. The molecule has 4 heteroatoms. The average molecular weight is 324 g/mol. The third-order valence-corrected chi connectivity index (χ3v) is 4.09. The van der Waals surface area contributed by atoms with Crippen LogP contribution >= 0.6 is 22.9 Å². The smallest absolute Gasteiger partial charge is 0.123 e. The maximum atomic E-state index is 6.09. The van der Waals surface area contributed by atoms with Crippen molar-refractivity contribution in [2.75, 3.05) is 13.2 Å². The first-order valence-electron chi connectivity index (χ1n) is 7.28. The molecular weight excluding hydrogens is 302 g/mol. The molecule has 1 heterocycles. The number of halogens is 1. The molecule has 0 aliphatic heterocycles.